The molecule has 0 heterocycles. The molecule has 0 aliphatic heterocycles. The van der Waals surface area contributed by atoms with Crippen molar-refractivity contribution in [2.24, 2.45) is 5.10 Å². The number of amides is 1. The summed E-state index contributed by atoms with van der Waals surface area (Å²) in [7, 11) is 1.56. The molecule has 0 saturated heterocycles. The van der Waals surface area contributed by atoms with Crippen LogP contribution in [0.3, 0.4) is 0 Å². The molecule has 9 heteroatoms. The lowest BCUT2D eigenvalue weighted by molar-refractivity contribution is -0.118. The van der Waals surface area contributed by atoms with Crippen molar-refractivity contribution in [1.82, 2.24) is 5.43 Å². The van der Waals surface area contributed by atoms with Gasteiger partial charge in [-0.2, -0.15) is 5.10 Å². The van der Waals surface area contributed by atoms with Gasteiger partial charge in [0.2, 0.25) is 5.91 Å². The summed E-state index contributed by atoms with van der Waals surface area (Å²) in [6, 6.07) is 18.2. The van der Waals surface area contributed by atoms with Crippen LogP contribution in [0.15, 0.2) is 65.8 Å². The van der Waals surface area contributed by atoms with Gasteiger partial charge in [0.05, 0.1) is 19.1 Å². The number of halogens is 3. The molecular formula is C24H21Cl3N2O3S. The summed E-state index contributed by atoms with van der Waals surface area (Å²) in [5, 5.41) is 5.82. The lowest BCUT2D eigenvalue weighted by atomic mass is 10.2. The van der Waals surface area contributed by atoms with Crippen LogP contribution in [0.4, 0.5) is 0 Å². The van der Waals surface area contributed by atoms with Crippen molar-refractivity contribution in [1.29, 1.82) is 0 Å². The molecule has 0 spiro atoms. The minimum absolute atomic E-state index is 0.219. The van der Waals surface area contributed by atoms with Crippen LogP contribution < -0.4 is 14.9 Å². The molecule has 0 aliphatic carbocycles. The van der Waals surface area contributed by atoms with Gasteiger partial charge in [-0.1, -0.05) is 59.1 Å². The van der Waals surface area contributed by atoms with E-state index < -0.39 is 0 Å². The number of thioether (sulfide) groups is 1. The van der Waals surface area contributed by atoms with Crippen LogP contribution >= 0.6 is 46.6 Å². The van der Waals surface area contributed by atoms with E-state index in [0.717, 1.165) is 16.7 Å². The lowest BCUT2D eigenvalue weighted by Gasteiger charge is -2.12. The molecule has 3 rings (SSSR count). The Hall–Kier alpha value is -2.38. The number of nitrogens with zero attached hydrogens (tertiary/aromatic N) is 1. The molecule has 0 saturated carbocycles. The average Bonchev–Trinajstić information content (AvgIpc) is 2.81. The van der Waals surface area contributed by atoms with Gasteiger partial charge in [-0.3, -0.25) is 4.79 Å². The highest BCUT2D eigenvalue weighted by atomic mass is 35.5. The van der Waals surface area contributed by atoms with Gasteiger partial charge in [-0.05, 0) is 47.5 Å². The van der Waals surface area contributed by atoms with Crippen LogP contribution in [-0.2, 0) is 17.2 Å². The zero-order valence-electron chi connectivity index (χ0n) is 17.7. The first-order chi connectivity index (χ1) is 16.0. The Labute approximate surface area is 212 Å². The third kappa shape index (κ3) is 7.57. The summed E-state index contributed by atoms with van der Waals surface area (Å²) in [5.74, 6) is 1.64. The standard InChI is InChI=1S/C24H21Cl3N2O3S/c1-31-23-11-16(9-10-22(23)32-13-17-5-2-3-6-19(17)25)12-28-29-24(30)15-33-14-18-20(26)7-4-8-21(18)27/h2-12H,13-15H2,1H3,(H,29,30)/b28-12-. The number of hydrazone groups is 1. The molecule has 1 N–H and O–H groups in total. The number of nitrogens with one attached hydrogen (secondary N) is 1. The SMILES string of the molecule is COc1cc(/C=N\NC(=O)CSCc2c(Cl)cccc2Cl)ccc1OCc1ccccc1Cl. The first kappa shape index (κ1) is 25.2. The minimum atomic E-state index is -0.230. The van der Waals surface area contributed by atoms with E-state index in [-0.39, 0.29) is 11.7 Å². The van der Waals surface area contributed by atoms with Crippen molar-refractivity contribution < 1.29 is 14.3 Å². The van der Waals surface area contributed by atoms with E-state index in [1.54, 1.807) is 37.4 Å². The van der Waals surface area contributed by atoms with Gasteiger partial charge in [-0.25, -0.2) is 5.43 Å². The zero-order valence-corrected chi connectivity index (χ0v) is 20.8. The summed E-state index contributed by atoms with van der Waals surface area (Å²) in [5.41, 5.74) is 4.94. The normalized spacial score (nSPS) is 10.9. The Balaban J connectivity index is 1.50. The monoisotopic (exact) mass is 522 g/mol. The smallest absolute Gasteiger partial charge is 0.250 e. The first-order valence-electron chi connectivity index (χ1n) is 9.84. The molecule has 0 radical (unpaired) electrons. The van der Waals surface area contributed by atoms with Crippen LogP contribution in [0.25, 0.3) is 0 Å². The van der Waals surface area contributed by atoms with E-state index >= 15 is 0 Å². The minimum Gasteiger partial charge on any atom is -0.493 e. The molecule has 33 heavy (non-hydrogen) atoms. The zero-order chi connectivity index (χ0) is 23.6. The van der Waals surface area contributed by atoms with E-state index in [4.69, 9.17) is 44.3 Å². The quantitative estimate of drug-likeness (QED) is 0.240. The lowest BCUT2D eigenvalue weighted by Crippen LogP contribution is -2.19. The number of ether oxygens (including phenoxy) is 2. The van der Waals surface area contributed by atoms with Crippen molar-refractivity contribution >= 4 is 58.7 Å². The molecule has 172 valence electrons. The third-order valence-electron chi connectivity index (χ3n) is 4.47. The topological polar surface area (TPSA) is 59.9 Å². The average molecular weight is 524 g/mol. The maximum Gasteiger partial charge on any atom is 0.250 e. The van der Waals surface area contributed by atoms with Gasteiger partial charge in [0.15, 0.2) is 11.5 Å². The van der Waals surface area contributed by atoms with Crippen molar-refractivity contribution in [2.45, 2.75) is 12.4 Å². The largest absolute Gasteiger partial charge is 0.493 e. The summed E-state index contributed by atoms with van der Waals surface area (Å²) in [6.45, 7) is 0.316. The highest BCUT2D eigenvalue weighted by molar-refractivity contribution is 7.99. The van der Waals surface area contributed by atoms with Gasteiger partial charge in [0.25, 0.3) is 0 Å². The van der Waals surface area contributed by atoms with Crippen molar-refractivity contribution in [2.75, 3.05) is 12.9 Å². The molecule has 3 aromatic rings. The van der Waals surface area contributed by atoms with Crippen LogP contribution in [0.5, 0.6) is 11.5 Å². The molecule has 0 bridgehead atoms. The Morgan fingerprint density at radius 3 is 2.45 bits per heavy atom. The molecule has 0 unspecified atom stereocenters. The molecule has 3 aromatic carbocycles. The molecule has 5 nitrogen and oxygen atoms in total. The Morgan fingerprint density at radius 2 is 1.73 bits per heavy atom. The Kier molecular flexibility index (Phi) is 9.76. The Bertz CT molecular complexity index is 1120. The van der Waals surface area contributed by atoms with Gasteiger partial charge in [0, 0.05) is 26.4 Å². The van der Waals surface area contributed by atoms with Gasteiger partial charge < -0.3 is 9.47 Å². The fourth-order valence-corrected chi connectivity index (χ4v) is 4.53. The number of carbonyl (C=O) groups is 1. The second kappa shape index (κ2) is 12.8. The molecule has 0 atom stereocenters. The predicted octanol–water partition coefficient (Wildman–Crippen LogP) is 6.62. The summed E-state index contributed by atoms with van der Waals surface area (Å²) < 4.78 is 11.3. The fraction of sp³-hybridized carbons (Fsp3) is 0.167. The maximum absolute atomic E-state index is 12.1. The third-order valence-corrected chi connectivity index (χ3v) is 6.51. The van der Waals surface area contributed by atoms with E-state index in [1.807, 2.05) is 30.3 Å². The number of rotatable bonds is 10. The van der Waals surface area contributed by atoms with Crippen LogP contribution in [0.1, 0.15) is 16.7 Å². The number of carbonyl (C=O) groups excluding carboxylic acids is 1. The van der Waals surface area contributed by atoms with Crippen LogP contribution in [0, 0.1) is 0 Å². The van der Waals surface area contributed by atoms with Gasteiger partial charge in [0.1, 0.15) is 6.61 Å². The second-order valence-electron chi connectivity index (χ2n) is 6.78. The molecule has 0 fully saturated rings. The highest BCUT2D eigenvalue weighted by Gasteiger charge is 2.09. The van der Waals surface area contributed by atoms with Crippen LogP contribution in [-0.4, -0.2) is 25.0 Å². The molecule has 0 aliphatic rings. The van der Waals surface area contributed by atoms with E-state index in [9.17, 15) is 4.79 Å². The summed E-state index contributed by atoms with van der Waals surface area (Å²) >= 11 is 19.9. The highest BCUT2D eigenvalue weighted by Crippen LogP contribution is 2.30. The molecular weight excluding hydrogens is 503 g/mol. The van der Waals surface area contributed by atoms with E-state index in [0.29, 0.717) is 38.9 Å². The van der Waals surface area contributed by atoms with E-state index in [1.165, 1.54) is 18.0 Å². The number of methoxy groups -OCH3 is 1. The Morgan fingerprint density at radius 1 is 1.00 bits per heavy atom. The maximum atomic E-state index is 12.1. The van der Waals surface area contributed by atoms with Crippen molar-refractivity contribution in [3.63, 3.8) is 0 Å². The molecule has 0 aromatic heterocycles. The summed E-state index contributed by atoms with van der Waals surface area (Å²) in [6.07, 6.45) is 1.54. The number of benzene rings is 3. The number of hydrogen-bond acceptors (Lipinski definition) is 5. The van der Waals surface area contributed by atoms with Gasteiger partial charge >= 0.3 is 0 Å². The van der Waals surface area contributed by atoms with Crippen molar-refractivity contribution in [3.05, 3.63) is 92.4 Å². The van der Waals surface area contributed by atoms with E-state index in [2.05, 4.69) is 10.5 Å². The molecule has 1 amide bonds. The summed E-state index contributed by atoms with van der Waals surface area (Å²) in [4.78, 5) is 12.1. The predicted molar refractivity (Wildman–Crippen MR) is 137 cm³/mol. The fourth-order valence-electron chi connectivity index (χ4n) is 2.78. The van der Waals surface area contributed by atoms with Crippen molar-refractivity contribution in [3.8, 4) is 11.5 Å². The first-order valence-corrected chi connectivity index (χ1v) is 12.1. The number of hydrogen-bond donors (Lipinski definition) is 1. The van der Waals surface area contributed by atoms with Gasteiger partial charge in [-0.15, -0.1) is 11.8 Å². The van der Waals surface area contributed by atoms with Crippen LogP contribution in [0.2, 0.25) is 15.1 Å². The second-order valence-corrected chi connectivity index (χ2v) is 8.98.